The molecule has 1 aliphatic carbocycles. The summed E-state index contributed by atoms with van der Waals surface area (Å²) in [6.45, 7) is 0.420. The number of nitrogens with one attached hydrogen (secondary N) is 1. The Hall–Kier alpha value is -0.920. The standard InChI is InChI=1S/C14H21NO4S2/c1-19-14(16)13-12(8-10-20-13)21(17,18)15-9-7-11-5-3-2-4-6-11/h8,10-11,15H,2-7,9H2,1H3. The van der Waals surface area contributed by atoms with Gasteiger partial charge in [-0.05, 0) is 23.8 Å². The van der Waals surface area contributed by atoms with Crippen molar-refractivity contribution in [2.75, 3.05) is 13.7 Å². The van der Waals surface area contributed by atoms with Gasteiger partial charge in [0.15, 0.2) is 0 Å². The molecule has 0 radical (unpaired) electrons. The van der Waals surface area contributed by atoms with E-state index >= 15 is 0 Å². The van der Waals surface area contributed by atoms with Crippen molar-refractivity contribution < 1.29 is 17.9 Å². The van der Waals surface area contributed by atoms with Gasteiger partial charge in [-0.3, -0.25) is 0 Å². The summed E-state index contributed by atoms with van der Waals surface area (Å²) >= 11 is 1.08. The second-order valence-electron chi connectivity index (χ2n) is 5.30. The van der Waals surface area contributed by atoms with Crippen LogP contribution >= 0.6 is 11.3 Å². The molecule has 0 unspecified atom stereocenters. The molecule has 0 atom stereocenters. The molecular weight excluding hydrogens is 310 g/mol. The number of hydrogen-bond acceptors (Lipinski definition) is 5. The first-order valence-electron chi connectivity index (χ1n) is 7.20. The van der Waals surface area contributed by atoms with E-state index in [0.29, 0.717) is 12.5 Å². The molecule has 2 rings (SSSR count). The average molecular weight is 331 g/mol. The number of methoxy groups -OCH3 is 1. The van der Waals surface area contributed by atoms with E-state index in [4.69, 9.17) is 0 Å². The topological polar surface area (TPSA) is 72.5 Å². The number of esters is 1. The molecule has 0 aliphatic heterocycles. The minimum atomic E-state index is -3.64. The molecule has 21 heavy (non-hydrogen) atoms. The monoisotopic (exact) mass is 331 g/mol. The molecule has 1 aromatic heterocycles. The third-order valence-electron chi connectivity index (χ3n) is 3.86. The lowest BCUT2D eigenvalue weighted by Crippen LogP contribution is -2.27. The van der Waals surface area contributed by atoms with E-state index in [-0.39, 0.29) is 9.77 Å². The van der Waals surface area contributed by atoms with Crippen LogP contribution in [0.25, 0.3) is 0 Å². The summed E-state index contributed by atoms with van der Waals surface area (Å²) < 4.78 is 31.7. The van der Waals surface area contributed by atoms with Crippen LogP contribution in [0.3, 0.4) is 0 Å². The third kappa shape index (κ3) is 4.28. The zero-order chi connectivity index (χ0) is 15.3. The number of carbonyl (C=O) groups is 1. The van der Waals surface area contributed by atoms with Crippen molar-refractivity contribution in [3.63, 3.8) is 0 Å². The Morgan fingerprint density at radius 2 is 2.10 bits per heavy atom. The van der Waals surface area contributed by atoms with Crippen LogP contribution in [0.2, 0.25) is 0 Å². The molecule has 1 saturated carbocycles. The van der Waals surface area contributed by atoms with Gasteiger partial charge >= 0.3 is 5.97 Å². The highest BCUT2D eigenvalue weighted by atomic mass is 32.2. The Kier molecular flexibility index (Phi) is 5.78. The van der Waals surface area contributed by atoms with Crippen molar-refractivity contribution in [2.45, 2.75) is 43.4 Å². The molecule has 0 spiro atoms. The Morgan fingerprint density at radius 1 is 1.38 bits per heavy atom. The van der Waals surface area contributed by atoms with Crippen LogP contribution in [0.1, 0.15) is 48.2 Å². The second-order valence-corrected chi connectivity index (χ2v) is 7.95. The first kappa shape index (κ1) is 16.5. The number of carbonyl (C=O) groups excluding carboxylic acids is 1. The molecule has 7 heteroatoms. The zero-order valence-corrected chi connectivity index (χ0v) is 13.8. The van der Waals surface area contributed by atoms with Gasteiger partial charge < -0.3 is 4.74 Å². The van der Waals surface area contributed by atoms with Gasteiger partial charge in [0.2, 0.25) is 10.0 Å². The fourth-order valence-corrected chi connectivity index (χ4v) is 5.08. The summed E-state index contributed by atoms with van der Waals surface area (Å²) in [5, 5.41) is 1.59. The summed E-state index contributed by atoms with van der Waals surface area (Å²) in [7, 11) is -2.40. The van der Waals surface area contributed by atoms with Crippen molar-refractivity contribution in [3.8, 4) is 0 Å². The molecule has 118 valence electrons. The van der Waals surface area contributed by atoms with E-state index in [1.165, 1.54) is 45.3 Å². The lowest BCUT2D eigenvalue weighted by molar-refractivity contribution is 0.0602. The molecule has 0 saturated heterocycles. The fourth-order valence-electron chi connectivity index (χ4n) is 2.70. The molecule has 0 bridgehead atoms. The Bertz CT molecular complexity index is 574. The van der Waals surface area contributed by atoms with E-state index in [1.54, 1.807) is 5.38 Å². The fraction of sp³-hybridized carbons (Fsp3) is 0.643. The van der Waals surface area contributed by atoms with Gasteiger partial charge in [-0.15, -0.1) is 11.3 Å². The van der Waals surface area contributed by atoms with Crippen LogP contribution in [-0.2, 0) is 14.8 Å². The van der Waals surface area contributed by atoms with Crippen LogP contribution in [0.4, 0.5) is 0 Å². The molecule has 1 heterocycles. The summed E-state index contributed by atoms with van der Waals surface area (Å²) in [5.41, 5.74) is 0. The van der Waals surface area contributed by atoms with Crippen LogP contribution < -0.4 is 4.72 Å². The minimum Gasteiger partial charge on any atom is -0.465 e. The van der Waals surface area contributed by atoms with Crippen LogP contribution in [-0.4, -0.2) is 28.0 Å². The van der Waals surface area contributed by atoms with Crippen LogP contribution in [0.5, 0.6) is 0 Å². The van der Waals surface area contributed by atoms with Gasteiger partial charge in [-0.25, -0.2) is 17.9 Å². The number of ether oxygens (including phenoxy) is 1. The van der Waals surface area contributed by atoms with Gasteiger partial charge in [0.1, 0.15) is 9.77 Å². The number of hydrogen-bond donors (Lipinski definition) is 1. The van der Waals surface area contributed by atoms with Gasteiger partial charge in [0.05, 0.1) is 7.11 Å². The smallest absolute Gasteiger partial charge is 0.349 e. The lowest BCUT2D eigenvalue weighted by Gasteiger charge is -2.21. The Balaban J connectivity index is 1.95. The minimum absolute atomic E-state index is 0.0167. The molecule has 1 aliphatic rings. The quantitative estimate of drug-likeness (QED) is 0.814. The zero-order valence-electron chi connectivity index (χ0n) is 12.1. The third-order valence-corrected chi connectivity index (χ3v) is 6.39. The van der Waals surface area contributed by atoms with Gasteiger partial charge in [0, 0.05) is 6.54 Å². The predicted octanol–water partition coefficient (Wildman–Crippen LogP) is 2.78. The van der Waals surface area contributed by atoms with Gasteiger partial charge in [0.25, 0.3) is 0 Å². The summed E-state index contributed by atoms with van der Waals surface area (Å²) in [6, 6.07) is 1.44. The van der Waals surface area contributed by atoms with Crippen molar-refractivity contribution in [1.29, 1.82) is 0 Å². The van der Waals surface area contributed by atoms with Crippen LogP contribution in [0, 0.1) is 5.92 Å². The molecular formula is C14H21NO4S2. The van der Waals surface area contributed by atoms with Crippen molar-refractivity contribution in [3.05, 3.63) is 16.3 Å². The highest BCUT2D eigenvalue weighted by Crippen LogP contribution is 2.26. The summed E-state index contributed by atoms with van der Waals surface area (Å²) in [4.78, 5) is 11.7. The van der Waals surface area contributed by atoms with E-state index in [2.05, 4.69) is 9.46 Å². The van der Waals surface area contributed by atoms with Crippen LogP contribution in [0.15, 0.2) is 16.3 Å². The highest BCUT2D eigenvalue weighted by molar-refractivity contribution is 7.89. The normalized spacial score (nSPS) is 16.8. The molecule has 5 nitrogen and oxygen atoms in total. The van der Waals surface area contributed by atoms with E-state index < -0.39 is 16.0 Å². The van der Waals surface area contributed by atoms with E-state index in [9.17, 15) is 13.2 Å². The second kappa shape index (κ2) is 7.38. The number of rotatable bonds is 6. The average Bonchev–Trinajstić information content (AvgIpc) is 2.98. The number of thiophene rings is 1. The lowest BCUT2D eigenvalue weighted by atomic mass is 9.87. The maximum atomic E-state index is 12.3. The summed E-state index contributed by atoms with van der Waals surface area (Å²) in [6.07, 6.45) is 7.01. The highest BCUT2D eigenvalue weighted by Gasteiger charge is 2.24. The van der Waals surface area contributed by atoms with Crippen molar-refractivity contribution in [2.24, 2.45) is 5.92 Å². The Labute approximate surface area is 129 Å². The maximum absolute atomic E-state index is 12.3. The first-order chi connectivity index (χ1) is 10.0. The van der Waals surface area contributed by atoms with Crippen molar-refractivity contribution >= 4 is 27.3 Å². The van der Waals surface area contributed by atoms with Crippen molar-refractivity contribution in [1.82, 2.24) is 4.72 Å². The molecule has 1 fully saturated rings. The predicted molar refractivity (Wildman–Crippen MR) is 82.0 cm³/mol. The molecule has 1 N–H and O–H groups in total. The SMILES string of the molecule is COC(=O)c1sccc1S(=O)(=O)NCCC1CCCCC1. The number of sulfonamides is 1. The largest absolute Gasteiger partial charge is 0.465 e. The summed E-state index contributed by atoms with van der Waals surface area (Å²) in [5.74, 6) is 0.00153. The van der Waals surface area contributed by atoms with E-state index in [1.807, 2.05) is 0 Å². The molecule has 1 aromatic rings. The van der Waals surface area contributed by atoms with E-state index in [0.717, 1.165) is 17.8 Å². The van der Waals surface area contributed by atoms with Gasteiger partial charge in [-0.2, -0.15) is 0 Å². The Morgan fingerprint density at radius 3 is 2.76 bits per heavy atom. The molecule has 0 amide bonds. The molecule has 0 aromatic carbocycles. The first-order valence-corrected chi connectivity index (χ1v) is 9.56. The van der Waals surface area contributed by atoms with Gasteiger partial charge in [-0.1, -0.05) is 32.1 Å². The maximum Gasteiger partial charge on any atom is 0.349 e.